The summed E-state index contributed by atoms with van der Waals surface area (Å²) in [6, 6.07) is 4.18. The first kappa shape index (κ1) is 15.5. The summed E-state index contributed by atoms with van der Waals surface area (Å²) >= 11 is 0. The van der Waals surface area contributed by atoms with Crippen LogP contribution in [0.1, 0.15) is 56.6 Å². The first-order valence-corrected chi connectivity index (χ1v) is 6.81. The van der Waals surface area contributed by atoms with Crippen molar-refractivity contribution >= 4 is 0 Å². The van der Waals surface area contributed by atoms with Gasteiger partial charge >= 0.3 is 0 Å². The van der Waals surface area contributed by atoms with Gasteiger partial charge in [0, 0.05) is 31.7 Å². The van der Waals surface area contributed by atoms with Gasteiger partial charge in [0.2, 0.25) is 0 Å². The van der Waals surface area contributed by atoms with Crippen molar-refractivity contribution in [2.75, 3.05) is 0 Å². The van der Waals surface area contributed by atoms with E-state index in [9.17, 15) is 0 Å². The van der Waals surface area contributed by atoms with Crippen LogP contribution in [0.5, 0.6) is 0 Å². The molecule has 0 fully saturated rings. The van der Waals surface area contributed by atoms with Gasteiger partial charge in [-0.1, -0.05) is 27.7 Å². The van der Waals surface area contributed by atoms with E-state index < -0.39 is 0 Å². The lowest BCUT2D eigenvalue weighted by Gasteiger charge is -2.02. The van der Waals surface area contributed by atoms with Crippen LogP contribution in [0.25, 0.3) is 0 Å². The van der Waals surface area contributed by atoms with Crippen molar-refractivity contribution in [2.45, 2.75) is 46.5 Å². The van der Waals surface area contributed by atoms with E-state index in [1.807, 2.05) is 42.6 Å². The molecule has 0 amide bonds. The third kappa shape index (κ3) is 4.23. The van der Waals surface area contributed by atoms with Gasteiger partial charge < -0.3 is 0 Å². The molecule has 2 rings (SSSR count). The average molecular weight is 262 g/mol. The highest BCUT2D eigenvalue weighted by atomic mass is 15.3. The standard InChI is InChI=1S/C8H14N2.C7H12N2/c1-6(2)8-5-7(3)9-10(8)4;1-6(2)7-4-5-8-9(7)3/h5-6H,1-4H3;4-6H,1-3H3. The highest BCUT2D eigenvalue weighted by Gasteiger charge is 2.04. The second-order valence-electron chi connectivity index (χ2n) is 5.52. The molecule has 0 aliphatic rings. The van der Waals surface area contributed by atoms with Crippen molar-refractivity contribution in [3.63, 3.8) is 0 Å². The van der Waals surface area contributed by atoms with Gasteiger partial charge in [-0.25, -0.2) is 0 Å². The predicted octanol–water partition coefficient (Wildman–Crippen LogP) is 3.40. The van der Waals surface area contributed by atoms with E-state index in [0.717, 1.165) is 5.69 Å². The fourth-order valence-electron chi connectivity index (χ4n) is 2.12. The van der Waals surface area contributed by atoms with Crippen LogP contribution in [0.4, 0.5) is 0 Å². The molecule has 4 nitrogen and oxygen atoms in total. The van der Waals surface area contributed by atoms with Crippen LogP contribution < -0.4 is 0 Å². The third-order valence-corrected chi connectivity index (χ3v) is 3.08. The van der Waals surface area contributed by atoms with Crippen LogP contribution in [0.2, 0.25) is 0 Å². The lowest BCUT2D eigenvalue weighted by atomic mass is 10.1. The Labute approximate surface area is 116 Å². The fraction of sp³-hybridized carbons (Fsp3) is 0.600. The molecule has 4 heteroatoms. The summed E-state index contributed by atoms with van der Waals surface area (Å²) < 4.78 is 3.85. The molecule has 2 heterocycles. The Morgan fingerprint density at radius 3 is 1.74 bits per heavy atom. The Bertz CT molecular complexity index is 506. The van der Waals surface area contributed by atoms with Crippen LogP contribution in [-0.2, 0) is 14.1 Å². The zero-order valence-electron chi connectivity index (χ0n) is 13.2. The van der Waals surface area contributed by atoms with Gasteiger partial charge in [0.15, 0.2) is 0 Å². The Kier molecular flexibility index (Phi) is 5.33. The minimum Gasteiger partial charge on any atom is -0.272 e. The van der Waals surface area contributed by atoms with Crippen LogP contribution in [0.3, 0.4) is 0 Å². The predicted molar refractivity (Wildman–Crippen MR) is 79.3 cm³/mol. The highest BCUT2D eigenvalue weighted by Crippen LogP contribution is 2.13. The normalized spacial score (nSPS) is 10.8. The third-order valence-electron chi connectivity index (χ3n) is 3.08. The van der Waals surface area contributed by atoms with E-state index in [0.29, 0.717) is 11.8 Å². The maximum atomic E-state index is 4.25. The first-order chi connectivity index (χ1) is 8.82. The summed E-state index contributed by atoms with van der Waals surface area (Å²) in [6.45, 7) is 10.7. The topological polar surface area (TPSA) is 35.6 Å². The van der Waals surface area contributed by atoms with Crippen LogP contribution in [0, 0.1) is 6.92 Å². The molecule has 0 N–H and O–H groups in total. The molecule has 0 saturated heterocycles. The Morgan fingerprint density at radius 2 is 1.53 bits per heavy atom. The minimum absolute atomic E-state index is 0.575. The largest absolute Gasteiger partial charge is 0.272 e. The molecule has 0 unspecified atom stereocenters. The summed E-state index contributed by atoms with van der Waals surface area (Å²) in [6.07, 6.45) is 1.83. The average Bonchev–Trinajstić information content (AvgIpc) is 2.85. The SMILES string of the molecule is CC(C)c1ccnn1C.Cc1cc(C(C)C)n(C)n1. The fourth-order valence-corrected chi connectivity index (χ4v) is 2.12. The maximum Gasteiger partial charge on any atom is 0.0596 e. The van der Waals surface area contributed by atoms with Crippen LogP contribution in [-0.4, -0.2) is 19.6 Å². The molecule has 0 spiro atoms. The number of aryl methyl sites for hydroxylation is 3. The molecule has 106 valence electrons. The van der Waals surface area contributed by atoms with Gasteiger partial charge in [-0.3, -0.25) is 9.36 Å². The lowest BCUT2D eigenvalue weighted by Crippen LogP contribution is -1.99. The molecular formula is C15H26N4. The van der Waals surface area contributed by atoms with E-state index in [2.05, 4.69) is 44.0 Å². The monoisotopic (exact) mass is 262 g/mol. The van der Waals surface area contributed by atoms with E-state index in [4.69, 9.17) is 0 Å². The van der Waals surface area contributed by atoms with Gasteiger partial charge in [0.1, 0.15) is 0 Å². The van der Waals surface area contributed by atoms with Crippen LogP contribution in [0.15, 0.2) is 18.3 Å². The van der Waals surface area contributed by atoms with E-state index >= 15 is 0 Å². The second-order valence-corrected chi connectivity index (χ2v) is 5.52. The van der Waals surface area contributed by atoms with Gasteiger partial charge in [-0.15, -0.1) is 0 Å². The molecule has 0 radical (unpaired) electrons. The number of hydrogen-bond acceptors (Lipinski definition) is 2. The summed E-state index contributed by atoms with van der Waals surface area (Å²) in [7, 11) is 3.96. The summed E-state index contributed by atoms with van der Waals surface area (Å²) in [5.74, 6) is 1.16. The molecule has 0 aliphatic heterocycles. The molecule has 19 heavy (non-hydrogen) atoms. The van der Waals surface area contributed by atoms with Crippen LogP contribution >= 0.6 is 0 Å². The first-order valence-electron chi connectivity index (χ1n) is 6.81. The summed E-state index contributed by atoms with van der Waals surface area (Å²) in [4.78, 5) is 0. The summed E-state index contributed by atoms with van der Waals surface area (Å²) in [5, 5.41) is 8.30. The van der Waals surface area contributed by atoms with Crippen molar-refractivity contribution in [3.8, 4) is 0 Å². The van der Waals surface area contributed by atoms with Gasteiger partial charge in [-0.05, 0) is 30.9 Å². The van der Waals surface area contributed by atoms with E-state index in [-0.39, 0.29) is 0 Å². The number of nitrogens with zero attached hydrogens (tertiary/aromatic N) is 4. The molecule has 0 aliphatic carbocycles. The van der Waals surface area contributed by atoms with Crippen molar-refractivity contribution in [1.82, 2.24) is 19.6 Å². The molecule has 0 aromatic carbocycles. The Morgan fingerprint density at radius 1 is 0.947 bits per heavy atom. The summed E-state index contributed by atoms with van der Waals surface area (Å²) in [5.41, 5.74) is 3.69. The number of hydrogen-bond donors (Lipinski definition) is 0. The van der Waals surface area contributed by atoms with Gasteiger partial charge in [-0.2, -0.15) is 10.2 Å². The smallest absolute Gasteiger partial charge is 0.0596 e. The highest BCUT2D eigenvalue weighted by molar-refractivity contribution is 5.11. The molecule has 0 atom stereocenters. The molecule has 0 bridgehead atoms. The number of rotatable bonds is 2. The Hall–Kier alpha value is -1.58. The van der Waals surface area contributed by atoms with Crippen molar-refractivity contribution in [1.29, 1.82) is 0 Å². The molecular weight excluding hydrogens is 236 g/mol. The zero-order chi connectivity index (χ0) is 14.6. The van der Waals surface area contributed by atoms with Crippen molar-refractivity contribution in [2.24, 2.45) is 14.1 Å². The maximum absolute atomic E-state index is 4.25. The van der Waals surface area contributed by atoms with Crippen molar-refractivity contribution in [3.05, 3.63) is 35.4 Å². The quantitative estimate of drug-likeness (QED) is 0.831. The zero-order valence-corrected chi connectivity index (χ0v) is 13.2. The minimum atomic E-state index is 0.575. The van der Waals surface area contributed by atoms with Gasteiger partial charge in [0.05, 0.1) is 5.69 Å². The lowest BCUT2D eigenvalue weighted by molar-refractivity contribution is 0.665. The second kappa shape index (κ2) is 6.55. The van der Waals surface area contributed by atoms with E-state index in [1.165, 1.54) is 11.4 Å². The number of aromatic nitrogens is 4. The van der Waals surface area contributed by atoms with Gasteiger partial charge in [0.25, 0.3) is 0 Å². The molecule has 2 aromatic rings. The molecule has 0 saturated carbocycles. The van der Waals surface area contributed by atoms with E-state index in [1.54, 1.807) is 0 Å². The van der Waals surface area contributed by atoms with Crippen molar-refractivity contribution < 1.29 is 0 Å². The Balaban J connectivity index is 0.000000191. The molecule has 2 aromatic heterocycles.